The van der Waals surface area contributed by atoms with Crippen LogP contribution in [0.2, 0.25) is 5.02 Å². The van der Waals surface area contributed by atoms with Crippen LogP contribution in [0.5, 0.6) is 0 Å². The first-order chi connectivity index (χ1) is 10.6. The molecule has 0 spiro atoms. The van der Waals surface area contributed by atoms with E-state index in [0.717, 1.165) is 40.1 Å². The van der Waals surface area contributed by atoms with Crippen LogP contribution in [0.3, 0.4) is 0 Å². The molecule has 1 atom stereocenters. The Morgan fingerprint density at radius 3 is 2.68 bits per heavy atom. The number of anilines is 1. The summed E-state index contributed by atoms with van der Waals surface area (Å²) in [7, 11) is 0. The first-order valence-electron chi connectivity index (χ1n) is 7.43. The van der Waals surface area contributed by atoms with Gasteiger partial charge in [0.05, 0.1) is 11.1 Å². The van der Waals surface area contributed by atoms with Crippen molar-refractivity contribution in [3.63, 3.8) is 0 Å². The number of hydrogen-bond acceptors (Lipinski definition) is 3. The Hall–Kier alpha value is -0.850. The van der Waals surface area contributed by atoms with Crippen LogP contribution in [0.25, 0.3) is 0 Å². The van der Waals surface area contributed by atoms with Crippen molar-refractivity contribution in [2.75, 3.05) is 18.0 Å². The van der Waals surface area contributed by atoms with Gasteiger partial charge in [-0.15, -0.1) is 0 Å². The van der Waals surface area contributed by atoms with E-state index < -0.39 is 6.10 Å². The Morgan fingerprint density at radius 2 is 2.05 bits per heavy atom. The second kappa shape index (κ2) is 7.15. The lowest BCUT2D eigenvalue weighted by molar-refractivity contribution is 0.0926. The van der Waals surface area contributed by atoms with Crippen LogP contribution in [0, 0.1) is 9.49 Å². The molecule has 2 heterocycles. The third-order valence-corrected chi connectivity index (χ3v) is 5.85. The van der Waals surface area contributed by atoms with Crippen molar-refractivity contribution in [2.45, 2.75) is 18.9 Å². The molecule has 1 aliphatic rings. The van der Waals surface area contributed by atoms with Crippen molar-refractivity contribution < 1.29 is 5.11 Å². The van der Waals surface area contributed by atoms with Crippen molar-refractivity contribution in [3.8, 4) is 0 Å². The van der Waals surface area contributed by atoms with Crippen molar-refractivity contribution >= 4 is 39.9 Å². The van der Waals surface area contributed by atoms with E-state index in [0.29, 0.717) is 5.92 Å². The number of rotatable bonds is 3. The van der Waals surface area contributed by atoms with Gasteiger partial charge >= 0.3 is 0 Å². The average molecular weight is 429 g/mol. The van der Waals surface area contributed by atoms with Crippen LogP contribution in [0.1, 0.15) is 24.5 Å². The summed E-state index contributed by atoms with van der Waals surface area (Å²) in [4.78, 5) is 6.44. The van der Waals surface area contributed by atoms with Crippen LogP contribution in [-0.4, -0.2) is 23.2 Å². The summed E-state index contributed by atoms with van der Waals surface area (Å²) in [5, 5.41) is 11.3. The summed E-state index contributed by atoms with van der Waals surface area (Å²) < 4.78 is 1.07. The van der Waals surface area contributed by atoms with E-state index in [9.17, 15) is 5.11 Å². The zero-order valence-electron chi connectivity index (χ0n) is 12.1. The number of hydrogen-bond donors (Lipinski definition) is 1. The maximum absolute atomic E-state index is 10.5. The van der Waals surface area contributed by atoms with Crippen molar-refractivity contribution in [2.24, 2.45) is 5.92 Å². The first kappa shape index (κ1) is 16.0. The van der Waals surface area contributed by atoms with Gasteiger partial charge in [-0.25, -0.2) is 0 Å². The van der Waals surface area contributed by atoms with Gasteiger partial charge in [0, 0.05) is 34.7 Å². The minimum Gasteiger partial charge on any atom is -0.388 e. The van der Waals surface area contributed by atoms with Crippen LogP contribution >= 0.6 is 34.2 Å². The Labute approximate surface area is 149 Å². The predicted molar refractivity (Wildman–Crippen MR) is 98.3 cm³/mol. The number of halogens is 2. The monoisotopic (exact) mass is 428 g/mol. The third kappa shape index (κ3) is 3.55. The molecule has 1 saturated heterocycles. The van der Waals surface area contributed by atoms with Gasteiger partial charge in [-0.1, -0.05) is 17.7 Å². The van der Waals surface area contributed by atoms with Gasteiger partial charge in [0.2, 0.25) is 0 Å². The molecule has 1 N–H and O–H groups in total. The van der Waals surface area contributed by atoms with Gasteiger partial charge in [-0.05, 0) is 71.2 Å². The zero-order chi connectivity index (χ0) is 15.5. The molecule has 0 bridgehead atoms. The highest BCUT2D eigenvalue weighted by Gasteiger charge is 2.26. The summed E-state index contributed by atoms with van der Waals surface area (Å²) in [6.45, 7) is 1.89. The molecule has 3 rings (SSSR count). The van der Waals surface area contributed by atoms with E-state index in [1.807, 2.05) is 18.2 Å². The predicted octanol–water partition coefficient (Wildman–Crippen LogP) is 4.29. The number of aliphatic hydroxyl groups is 1. The molecule has 3 nitrogen and oxygen atoms in total. The minimum absolute atomic E-state index is 0.291. The van der Waals surface area contributed by atoms with Gasteiger partial charge in [0.25, 0.3) is 0 Å². The highest BCUT2D eigenvalue weighted by Crippen LogP contribution is 2.33. The maximum Gasteiger partial charge on any atom is 0.0834 e. The molecule has 0 saturated carbocycles. The Bertz CT molecular complexity index is 630. The van der Waals surface area contributed by atoms with Gasteiger partial charge in [0.1, 0.15) is 0 Å². The minimum atomic E-state index is -0.420. The van der Waals surface area contributed by atoms with Crippen LogP contribution in [-0.2, 0) is 0 Å². The van der Waals surface area contributed by atoms with E-state index in [2.05, 4.69) is 44.6 Å². The summed E-state index contributed by atoms with van der Waals surface area (Å²) >= 11 is 8.45. The van der Waals surface area contributed by atoms with Gasteiger partial charge in [0.15, 0.2) is 0 Å². The molecule has 1 aromatic heterocycles. The van der Waals surface area contributed by atoms with Gasteiger partial charge < -0.3 is 10.0 Å². The van der Waals surface area contributed by atoms with Crippen molar-refractivity contribution in [1.82, 2.24) is 4.98 Å². The highest BCUT2D eigenvalue weighted by molar-refractivity contribution is 14.1. The maximum atomic E-state index is 10.5. The van der Waals surface area contributed by atoms with Crippen molar-refractivity contribution in [3.05, 3.63) is 56.9 Å². The van der Waals surface area contributed by atoms with E-state index in [-0.39, 0.29) is 0 Å². The molecule has 0 amide bonds. The Morgan fingerprint density at radius 1 is 1.27 bits per heavy atom. The lowest BCUT2D eigenvalue weighted by atomic mass is 9.88. The number of pyridine rings is 1. The summed E-state index contributed by atoms with van der Waals surface area (Å²) in [6.07, 6.45) is 5.02. The fourth-order valence-corrected chi connectivity index (χ4v) is 3.49. The van der Waals surface area contributed by atoms with Crippen molar-refractivity contribution in [1.29, 1.82) is 0 Å². The van der Waals surface area contributed by atoms with E-state index in [4.69, 9.17) is 11.6 Å². The highest BCUT2D eigenvalue weighted by atomic mass is 127. The zero-order valence-corrected chi connectivity index (χ0v) is 15.0. The molecular weight excluding hydrogens is 411 g/mol. The van der Waals surface area contributed by atoms with Crippen LogP contribution < -0.4 is 4.90 Å². The van der Waals surface area contributed by atoms with Crippen LogP contribution in [0.15, 0.2) is 42.7 Å². The lowest BCUT2D eigenvalue weighted by Crippen LogP contribution is -2.35. The molecule has 5 heteroatoms. The Kier molecular flexibility index (Phi) is 5.21. The number of benzene rings is 1. The largest absolute Gasteiger partial charge is 0.388 e. The summed E-state index contributed by atoms with van der Waals surface area (Å²) in [5.41, 5.74) is 2.08. The van der Waals surface area contributed by atoms with E-state index in [1.165, 1.54) is 5.69 Å². The molecular formula is C17H18ClIN2O. The molecule has 22 heavy (non-hydrogen) atoms. The van der Waals surface area contributed by atoms with E-state index in [1.54, 1.807) is 12.4 Å². The number of piperidine rings is 1. The van der Waals surface area contributed by atoms with E-state index >= 15 is 0 Å². The number of aromatic nitrogens is 1. The van der Waals surface area contributed by atoms with Crippen LogP contribution in [0.4, 0.5) is 5.69 Å². The number of aliphatic hydroxyl groups excluding tert-OH is 1. The standard InChI is InChI=1S/C17H18ClIN2O/c18-15-10-14(3-4-16(15)19)21-8-5-12(6-9-21)17(22)13-2-1-7-20-11-13/h1-4,7,10-12,17,22H,5-6,8-9H2/t17-/m0/s1. The molecule has 116 valence electrons. The molecule has 0 radical (unpaired) electrons. The fourth-order valence-electron chi connectivity index (χ4n) is 2.98. The molecule has 1 aliphatic heterocycles. The summed E-state index contributed by atoms with van der Waals surface area (Å²) in [6, 6.07) is 10.0. The molecule has 0 aliphatic carbocycles. The fraction of sp³-hybridized carbons (Fsp3) is 0.353. The average Bonchev–Trinajstić information content (AvgIpc) is 2.58. The lowest BCUT2D eigenvalue weighted by Gasteiger charge is -2.35. The molecule has 0 unspecified atom stereocenters. The van der Waals surface area contributed by atoms with Gasteiger partial charge in [-0.3, -0.25) is 4.98 Å². The SMILES string of the molecule is O[C@H](c1cccnc1)C1CCN(c2ccc(I)c(Cl)c2)CC1. The Balaban J connectivity index is 1.64. The third-order valence-electron chi connectivity index (χ3n) is 4.28. The normalized spacial score (nSPS) is 17.5. The second-order valence-electron chi connectivity index (χ2n) is 5.65. The summed E-state index contributed by atoms with van der Waals surface area (Å²) in [5.74, 6) is 0.291. The molecule has 1 fully saturated rings. The topological polar surface area (TPSA) is 36.4 Å². The molecule has 2 aromatic rings. The quantitative estimate of drug-likeness (QED) is 0.741. The van der Waals surface area contributed by atoms with Gasteiger partial charge in [-0.2, -0.15) is 0 Å². The first-order valence-corrected chi connectivity index (χ1v) is 8.89. The smallest absolute Gasteiger partial charge is 0.0834 e. The number of nitrogens with zero attached hydrogens (tertiary/aromatic N) is 2. The second-order valence-corrected chi connectivity index (χ2v) is 7.22. The molecule has 1 aromatic carbocycles.